The third-order valence-electron chi connectivity index (χ3n) is 5.06. The van der Waals surface area contributed by atoms with Crippen LogP contribution in [0.4, 0.5) is 13.2 Å². The Morgan fingerprint density at radius 3 is 1.92 bits per heavy atom. The summed E-state index contributed by atoms with van der Waals surface area (Å²) in [7, 11) is 0. The molecule has 0 bridgehead atoms. The molecule has 0 radical (unpaired) electrons. The molecule has 0 saturated heterocycles. The molecular formula is C27H25F3O6. The average molecular weight is 502 g/mol. The molecule has 9 heteroatoms. The summed E-state index contributed by atoms with van der Waals surface area (Å²) >= 11 is 0. The number of hydrogen-bond acceptors (Lipinski definition) is 5. The van der Waals surface area contributed by atoms with Gasteiger partial charge in [-0.3, -0.25) is 4.79 Å². The smallest absolute Gasteiger partial charge is 0.419 e. The van der Waals surface area contributed by atoms with Gasteiger partial charge in [-0.25, -0.2) is 4.79 Å². The first-order valence-electron chi connectivity index (χ1n) is 10.9. The van der Waals surface area contributed by atoms with Crippen molar-refractivity contribution < 1.29 is 42.4 Å². The number of aliphatic carboxylic acids is 1. The Bertz CT molecular complexity index is 1240. The van der Waals surface area contributed by atoms with E-state index in [1.165, 1.54) is 0 Å². The van der Waals surface area contributed by atoms with Crippen molar-refractivity contribution in [1.29, 1.82) is 0 Å². The summed E-state index contributed by atoms with van der Waals surface area (Å²) < 4.78 is 50.8. The number of aromatic hydroxyl groups is 1. The minimum atomic E-state index is -4.86. The molecule has 0 aliphatic rings. The molecular weight excluding hydrogens is 477 g/mol. The molecule has 3 aromatic carbocycles. The van der Waals surface area contributed by atoms with E-state index >= 15 is 0 Å². The zero-order valence-electron chi connectivity index (χ0n) is 19.8. The predicted molar refractivity (Wildman–Crippen MR) is 126 cm³/mol. The number of phenolic OH excluding ortho intramolecular Hbond substituents is 1. The predicted octanol–water partition coefficient (Wildman–Crippen LogP) is 6.24. The van der Waals surface area contributed by atoms with E-state index in [4.69, 9.17) is 14.6 Å². The van der Waals surface area contributed by atoms with Crippen LogP contribution >= 0.6 is 0 Å². The highest BCUT2D eigenvalue weighted by Gasteiger charge is 2.37. The van der Waals surface area contributed by atoms with Gasteiger partial charge >= 0.3 is 18.1 Å². The van der Waals surface area contributed by atoms with E-state index in [0.29, 0.717) is 17.4 Å². The zero-order chi connectivity index (χ0) is 26.7. The second kappa shape index (κ2) is 10.3. The number of ether oxygens (including phenoxy) is 2. The molecule has 3 aromatic rings. The molecule has 0 atom stereocenters. The van der Waals surface area contributed by atoms with Gasteiger partial charge in [-0.05, 0) is 55.7 Å². The van der Waals surface area contributed by atoms with Gasteiger partial charge in [0.15, 0.2) is 0 Å². The molecule has 0 amide bonds. The Morgan fingerprint density at radius 2 is 1.42 bits per heavy atom. The fraction of sp³-hybridized carbons (Fsp3) is 0.259. The van der Waals surface area contributed by atoms with Crippen molar-refractivity contribution in [3.63, 3.8) is 0 Å². The molecule has 3 rings (SSSR count). The Hall–Kier alpha value is -4.01. The third kappa shape index (κ3) is 6.78. The lowest BCUT2D eigenvalue weighted by atomic mass is 10.0. The van der Waals surface area contributed by atoms with Gasteiger partial charge in [-0.2, -0.15) is 13.2 Å². The summed E-state index contributed by atoms with van der Waals surface area (Å²) in [4.78, 5) is 23.5. The van der Waals surface area contributed by atoms with Crippen molar-refractivity contribution in [3.05, 3.63) is 82.9 Å². The van der Waals surface area contributed by atoms with Gasteiger partial charge in [-0.1, -0.05) is 42.5 Å². The summed E-state index contributed by atoms with van der Waals surface area (Å²) in [5.41, 5.74) is -0.526. The summed E-state index contributed by atoms with van der Waals surface area (Å²) in [6, 6.07) is 15.6. The molecule has 0 unspecified atom stereocenters. The fourth-order valence-corrected chi connectivity index (χ4v) is 3.43. The minimum absolute atomic E-state index is 0.0350. The maximum Gasteiger partial charge on any atom is 0.419 e. The third-order valence-corrected chi connectivity index (χ3v) is 5.06. The monoisotopic (exact) mass is 502 g/mol. The second-order valence-corrected chi connectivity index (χ2v) is 9.08. The number of esters is 1. The molecule has 0 heterocycles. The van der Waals surface area contributed by atoms with Crippen LogP contribution in [0.3, 0.4) is 0 Å². The minimum Gasteiger partial charge on any atom is -0.506 e. The van der Waals surface area contributed by atoms with E-state index in [1.807, 2.05) is 0 Å². The SMILES string of the molecule is CC(C)(C)OC(=O)c1c(COc2ccc(-c3ccc(CC(=O)O)cc3)cc2)ccc(C(F)(F)F)c1O. The first-order chi connectivity index (χ1) is 16.7. The molecule has 2 N–H and O–H groups in total. The fourth-order valence-electron chi connectivity index (χ4n) is 3.43. The van der Waals surface area contributed by atoms with Crippen molar-refractivity contribution in [3.8, 4) is 22.6 Å². The van der Waals surface area contributed by atoms with Crippen molar-refractivity contribution in [1.82, 2.24) is 0 Å². The number of carboxylic acid groups (broad SMARTS) is 1. The van der Waals surface area contributed by atoms with Gasteiger partial charge in [0.05, 0.1) is 12.0 Å². The maximum absolute atomic E-state index is 13.3. The van der Waals surface area contributed by atoms with Crippen LogP contribution in [0.1, 0.15) is 47.8 Å². The summed E-state index contributed by atoms with van der Waals surface area (Å²) in [5, 5.41) is 19.2. The molecule has 0 saturated carbocycles. The van der Waals surface area contributed by atoms with Gasteiger partial charge in [0, 0.05) is 5.56 Å². The Morgan fingerprint density at radius 1 is 0.861 bits per heavy atom. The van der Waals surface area contributed by atoms with Crippen molar-refractivity contribution in [2.45, 2.75) is 45.6 Å². The number of carboxylic acids is 1. The molecule has 0 spiro atoms. The van der Waals surface area contributed by atoms with Crippen LogP contribution in [0.5, 0.6) is 11.5 Å². The first-order valence-corrected chi connectivity index (χ1v) is 10.9. The van der Waals surface area contributed by atoms with Crippen molar-refractivity contribution in [2.24, 2.45) is 0 Å². The van der Waals surface area contributed by atoms with Crippen LogP contribution in [-0.4, -0.2) is 27.8 Å². The quantitative estimate of drug-likeness (QED) is 0.372. The van der Waals surface area contributed by atoms with Crippen LogP contribution in [0, 0.1) is 0 Å². The number of phenols is 1. The molecule has 0 aliphatic heterocycles. The number of rotatable bonds is 7. The highest BCUT2D eigenvalue weighted by atomic mass is 19.4. The maximum atomic E-state index is 13.3. The zero-order valence-corrected chi connectivity index (χ0v) is 19.8. The lowest BCUT2D eigenvalue weighted by molar-refractivity contribution is -0.139. The van der Waals surface area contributed by atoms with Crippen LogP contribution in [0.2, 0.25) is 0 Å². The molecule has 0 fully saturated rings. The number of benzene rings is 3. The van der Waals surface area contributed by atoms with E-state index < -0.39 is 40.6 Å². The number of hydrogen-bond donors (Lipinski definition) is 2. The first kappa shape index (κ1) is 26.6. The lowest BCUT2D eigenvalue weighted by Crippen LogP contribution is -2.25. The highest BCUT2D eigenvalue weighted by Crippen LogP contribution is 2.39. The lowest BCUT2D eigenvalue weighted by Gasteiger charge is -2.22. The Labute approximate surface area is 205 Å². The molecule has 0 aliphatic carbocycles. The largest absolute Gasteiger partial charge is 0.506 e. The van der Waals surface area contributed by atoms with Gasteiger partial charge in [-0.15, -0.1) is 0 Å². The van der Waals surface area contributed by atoms with E-state index in [9.17, 15) is 27.9 Å². The van der Waals surface area contributed by atoms with Crippen LogP contribution in [-0.2, 0) is 28.7 Å². The molecule has 190 valence electrons. The van der Waals surface area contributed by atoms with Crippen LogP contribution < -0.4 is 4.74 Å². The van der Waals surface area contributed by atoms with Crippen molar-refractivity contribution in [2.75, 3.05) is 0 Å². The van der Waals surface area contributed by atoms with Crippen LogP contribution in [0.15, 0.2) is 60.7 Å². The number of carbonyl (C=O) groups is 2. The van der Waals surface area contributed by atoms with E-state index in [0.717, 1.165) is 17.2 Å². The van der Waals surface area contributed by atoms with Crippen LogP contribution in [0.25, 0.3) is 11.1 Å². The number of halogens is 3. The second-order valence-electron chi connectivity index (χ2n) is 9.08. The Kier molecular flexibility index (Phi) is 7.62. The van der Waals surface area contributed by atoms with Gasteiger partial charge < -0.3 is 19.7 Å². The standard InChI is InChI=1S/C27H25F3O6/c1-26(2,3)36-25(34)23-19(10-13-21(24(23)33)27(28,29)30)15-35-20-11-8-18(9-12-20)17-6-4-16(5-7-17)14-22(31)32/h4-13,33H,14-15H2,1-3H3,(H,31,32). The van der Waals surface area contributed by atoms with Crippen molar-refractivity contribution >= 4 is 11.9 Å². The molecule has 36 heavy (non-hydrogen) atoms. The van der Waals surface area contributed by atoms with Gasteiger partial charge in [0.1, 0.15) is 29.3 Å². The topological polar surface area (TPSA) is 93.1 Å². The van der Waals surface area contributed by atoms with E-state index in [1.54, 1.807) is 69.3 Å². The molecule has 6 nitrogen and oxygen atoms in total. The summed E-state index contributed by atoms with van der Waals surface area (Å²) in [5.74, 6) is -2.83. The normalized spacial score (nSPS) is 11.7. The number of carbonyl (C=O) groups excluding carboxylic acids is 1. The Balaban J connectivity index is 1.81. The van der Waals surface area contributed by atoms with E-state index in [2.05, 4.69) is 0 Å². The summed E-state index contributed by atoms with van der Waals surface area (Å²) in [6.07, 6.45) is -4.93. The van der Waals surface area contributed by atoms with Gasteiger partial charge in [0.2, 0.25) is 0 Å². The van der Waals surface area contributed by atoms with Gasteiger partial charge in [0.25, 0.3) is 0 Å². The van der Waals surface area contributed by atoms with E-state index in [-0.39, 0.29) is 18.6 Å². The average Bonchev–Trinajstić information content (AvgIpc) is 2.76. The number of alkyl halides is 3. The molecule has 0 aromatic heterocycles. The highest BCUT2D eigenvalue weighted by molar-refractivity contribution is 5.95. The summed E-state index contributed by atoms with van der Waals surface area (Å²) in [6.45, 7) is 4.40.